The van der Waals surface area contributed by atoms with Crippen molar-refractivity contribution >= 4 is 30.8 Å². The molecule has 1 atom stereocenters. The first-order valence-corrected chi connectivity index (χ1v) is 8.97. The molecule has 28 heavy (non-hydrogen) atoms. The van der Waals surface area contributed by atoms with E-state index in [0.717, 1.165) is 0 Å². The zero-order chi connectivity index (χ0) is 20.1. The lowest BCUT2D eigenvalue weighted by Crippen LogP contribution is -2.57. The van der Waals surface area contributed by atoms with Gasteiger partial charge in [-0.05, 0) is 24.2 Å². The average Bonchev–Trinajstić information content (AvgIpc) is 3.09. The fraction of sp³-hybridized carbons (Fsp3) is 0.421. The summed E-state index contributed by atoms with van der Waals surface area (Å²) in [5, 5.41) is 13.6. The number of morpholine rings is 1. The highest BCUT2D eigenvalue weighted by Gasteiger charge is 2.48. The molecule has 0 saturated carbocycles. The third-order valence-corrected chi connectivity index (χ3v) is 5.21. The lowest BCUT2D eigenvalue weighted by atomic mass is 9.69. The Morgan fingerprint density at radius 3 is 2.89 bits per heavy atom. The Balaban J connectivity index is 1.66. The average molecular weight is 375 g/mol. The topological polar surface area (TPSA) is 101 Å². The summed E-state index contributed by atoms with van der Waals surface area (Å²) < 4.78 is 7.39. The van der Waals surface area contributed by atoms with Gasteiger partial charge in [0.25, 0.3) is 5.91 Å². The highest BCUT2D eigenvalue weighted by Crippen LogP contribution is 2.41. The van der Waals surface area contributed by atoms with Crippen LogP contribution in [0.15, 0.2) is 29.8 Å². The van der Waals surface area contributed by atoms with E-state index < -0.39 is 11.0 Å². The SMILES string of the molecule is [B]c1cccc2nc(C(=O)N3CCOC4(C=C(C#N)C(=O)C(C)(C)C4)C3)nn12. The van der Waals surface area contributed by atoms with E-state index >= 15 is 0 Å². The van der Waals surface area contributed by atoms with Crippen LogP contribution in [0.2, 0.25) is 0 Å². The lowest BCUT2D eigenvalue weighted by molar-refractivity contribution is -0.134. The van der Waals surface area contributed by atoms with Gasteiger partial charge in [0, 0.05) is 12.0 Å². The molecule has 0 N–H and O–H groups in total. The first kappa shape index (κ1) is 18.4. The summed E-state index contributed by atoms with van der Waals surface area (Å²) in [6.45, 7) is 4.46. The van der Waals surface area contributed by atoms with Crippen molar-refractivity contribution in [1.82, 2.24) is 19.5 Å². The Morgan fingerprint density at radius 2 is 2.18 bits per heavy atom. The number of Topliss-reactive ketones (excluding diaryl/α,β-unsaturated/α-hetero) is 1. The standard InChI is InChI=1S/C19H18BN5O3/c1-18(2)10-19(8-12(9-21)15(18)26)11-24(6-7-28-19)17(27)16-22-14-5-3-4-13(20)25(14)23-16/h3-5,8H,6-7,10-11H2,1-2H3. The fourth-order valence-corrected chi connectivity index (χ4v) is 3.99. The van der Waals surface area contributed by atoms with Gasteiger partial charge in [0.2, 0.25) is 5.82 Å². The van der Waals surface area contributed by atoms with Gasteiger partial charge in [0.15, 0.2) is 11.4 Å². The summed E-state index contributed by atoms with van der Waals surface area (Å²) in [5.41, 5.74) is -0.681. The maximum absolute atomic E-state index is 13.0. The third kappa shape index (κ3) is 2.90. The largest absolute Gasteiger partial charge is 0.367 e. The Kier molecular flexibility index (Phi) is 4.12. The molecule has 3 heterocycles. The number of amides is 1. The van der Waals surface area contributed by atoms with Crippen molar-refractivity contribution in [1.29, 1.82) is 5.26 Å². The zero-order valence-corrected chi connectivity index (χ0v) is 15.7. The van der Waals surface area contributed by atoms with Crippen molar-refractivity contribution in [3.8, 4) is 6.07 Å². The second-order valence-corrected chi connectivity index (χ2v) is 7.86. The molecule has 140 valence electrons. The van der Waals surface area contributed by atoms with Crippen molar-refractivity contribution in [2.45, 2.75) is 25.9 Å². The lowest BCUT2D eigenvalue weighted by Gasteiger charge is -2.46. The Labute approximate surface area is 163 Å². The highest BCUT2D eigenvalue weighted by atomic mass is 16.5. The number of carbonyl (C=O) groups is 2. The van der Waals surface area contributed by atoms with Crippen LogP contribution < -0.4 is 5.59 Å². The molecule has 1 amide bonds. The van der Waals surface area contributed by atoms with E-state index in [1.165, 1.54) is 4.52 Å². The van der Waals surface area contributed by atoms with Gasteiger partial charge >= 0.3 is 0 Å². The number of aromatic nitrogens is 3. The molecule has 1 saturated heterocycles. The summed E-state index contributed by atoms with van der Waals surface area (Å²) in [7, 11) is 5.88. The predicted molar refractivity (Wildman–Crippen MR) is 100 cm³/mol. The summed E-state index contributed by atoms with van der Waals surface area (Å²) in [6.07, 6.45) is 1.95. The minimum absolute atomic E-state index is 0.0468. The molecule has 0 aromatic carbocycles. The maximum atomic E-state index is 13.0. The molecule has 2 aromatic rings. The molecule has 2 aromatic heterocycles. The van der Waals surface area contributed by atoms with Gasteiger partial charge in [0.1, 0.15) is 19.5 Å². The van der Waals surface area contributed by atoms with E-state index in [9.17, 15) is 14.9 Å². The van der Waals surface area contributed by atoms with E-state index in [1.807, 2.05) is 6.07 Å². The van der Waals surface area contributed by atoms with Crippen LogP contribution in [0.4, 0.5) is 0 Å². The van der Waals surface area contributed by atoms with Crippen LogP contribution in [0.25, 0.3) is 5.65 Å². The summed E-state index contributed by atoms with van der Waals surface area (Å²) >= 11 is 0. The van der Waals surface area contributed by atoms with E-state index in [-0.39, 0.29) is 29.6 Å². The Morgan fingerprint density at radius 1 is 1.39 bits per heavy atom. The van der Waals surface area contributed by atoms with Crippen LogP contribution in [0.3, 0.4) is 0 Å². The molecule has 4 rings (SSSR count). The molecule has 1 fully saturated rings. The van der Waals surface area contributed by atoms with E-state index in [2.05, 4.69) is 10.1 Å². The van der Waals surface area contributed by atoms with Crippen LogP contribution in [-0.2, 0) is 9.53 Å². The normalized spacial score (nSPS) is 24.2. The van der Waals surface area contributed by atoms with Gasteiger partial charge in [-0.3, -0.25) is 9.59 Å². The number of nitriles is 1. The van der Waals surface area contributed by atoms with E-state index in [1.54, 1.807) is 43.0 Å². The van der Waals surface area contributed by atoms with Gasteiger partial charge in [-0.25, -0.2) is 9.50 Å². The van der Waals surface area contributed by atoms with Crippen LogP contribution in [-0.4, -0.2) is 64.3 Å². The van der Waals surface area contributed by atoms with Crippen molar-refractivity contribution < 1.29 is 14.3 Å². The molecule has 0 bridgehead atoms. The Bertz CT molecular complexity index is 1070. The first-order chi connectivity index (χ1) is 13.2. The number of hydrogen-bond donors (Lipinski definition) is 0. The third-order valence-electron chi connectivity index (χ3n) is 5.21. The van der Waals surface area contributed by atoms with Crippen molar-refractivity contribution in [3.05, 3.63) is 35.7 Å². The molecule has 1 unspecified atom stereocenters. The number of allylic oxidation sites excluding steroid dienone is 1. The number of ketones is 1. The molecular weight excluding hydrogens is 357 g/mol. The van der Waals surface area contributed by atoms with Gasteiger partial charge in [-0.2, -0.15) is 5.26 Å². The molecule has 9 heteroatoms. The number of pyridine rings is 1. The number of rotatable bonds is 1. The molecule has 1 aliphatic carbocycles. The second-order valence-electron chi connectivity index (χ2n) is 7.86. The maximum Gasteiger partial charge on any atom is 0.293 e. The number of fused-ring (bicyclic) bond motifs is 1. The van der Waals surface area contributed by atoms with E-state index in [0.29, 0.717) is 30.8 Å². The molecule has 2 aliphatic rings. The van der Waals surface area contributed by atoms with Crippen LogP contribution in [0, 0.1) is 16.7 Å². The zero-order valence-electron chi connectivity index (χ0n) is 15.7. The predicted octanol–water partition coefficient (Wildman–Crippen LogP) is 0.183. The number of nitrogens with zero attached hydrogens (tertiary/aromatic N) is 5. The first-order valence-electron chi connectivity index (χ1n) is 8.97. The Hall–Kier alpha value is -2.99. The minimum Gasteiger partial charge on any atom is -0.367 e. The number of ether oxygens (including phenoxy) is 1. The fourth-order valence-electron chi connectivity index (χ4n) is 3.99. The number of hydrogen-bond acceptors (Lipinski definition) is 6. The summed E-state index contributed by atoms with van der Waals surface area (Å²) in [4.78, 5) is 31.3. The van der Waals surface area contributed by atoms with Crippen molar-refractivity contribution in [2.75, 3.05) is 19.7 Å². The van der Waals surface area contributed by atoms with Gasteiger partial charge in [0.05, 0.1) is 18.7 Å². The molecule has 8 nitrogen and oxygen atoms in total. The van der Waals surface area contributed by atoms with E-state index in [4.69, 9.17) is 12.6 Å². The molecule has 1 aliphatic heterocycles. The number of carbonyl (C=O) groups excluding carboxylic acids is 2. The van der Waals surface area contributed by atoms with Gasteiger partial charge < -0.3 is 9.64 Å². The highest BCUT2D eigenvalue weighted by molar-refractivity contribution is 6.31. The van der Waals surface area contributed by atoms with Gasteiger partial charge in [-0.1, -0.05) is 26.0 Å². The quantitative estimate of drug-likeness (QED) is 0.660. The summed E-state index contributed by atoms with van der Waals surface area (Å²) in [5.74, 6) is -0.497. The molecule has 2 radical (unpaired) electrons. The van der Waals surface area contributed by atoms with Crippen LogP contribution in [0.5, 0.6) is 0 Å². The van der Waals surface area contributed by atoms with Crippen molar-refractivity contribution in [2.24, 2.45) is 5.41 Å². The minimum atomic E-state index is -0.880. The summed E-state index contributed by atoms with van der Waals surface area (Å²) in [6, 6.07) is 7.11. The van der Waals surface area contributed by atoms with Crippen LogP contribution in [0.1, 0.15) is 30.9 Å². The monoisotopic (exact) mass is 375 g/mol. The smallest absolute Gasteiger partial charge is 0.293 e. The second kappa shape index (κ2) is 6.28. The molecule has 1 spiro atoms. The molecular formula is C19H18BN5O3. The van der Waals surface area contributed by atoms with Crippen molar-refractivity contribution in [3.63, 3.8) is 0 Å². The van der Waals surface area contributed by atoms with Crippen LogP contribution >= 0.6 is 0 Å². The van der Waals surface area contributed by atoms with Gasteiger partial charge in [-0.15, -0.1) is 5.10 Å².